The quantitative estimate of drug-likeness (QED) is 0.720. The van der Waals surface area contributed by atoms with Crippen LogP contribution in [0.5, 0.6) is 0 Å². The van der Waals surface area contributed by atoms with Crippen LogP contribution in [0.3, 0.4) is 0 Å². The molecule has 3 atom stereocenters. The number of amides is 1. The van der Waals surface area contributed by atoms with Gasteiger partial charge >= 0.3 is 5.97 Å². The molecule has 16 heavy (non-hydrogen) atoms. The number of likely N-dealkylation sites (tertiary alicyclic amines) is 1. The van der Waals surface area contributed by atoms with Gasteiger partial charge in [-0.2, -0.15) is 0 Å². The minimum Gasteiger partial charge on any atom is -0.481 e. The molecule has 1 amide bonds. The standard InChI is InChI=1S/C11H20N2O3/c1-6(2)9(12)10(14)13-4-7(3)8(5-13)11(15)16/h6-9H,4-5,12H2,1-3H3,(H,15,16)/t7?,8?,9-/m1/s1. The smallest absolute Gasteiger partial charge is 0.308 e. The Balaban J connectivity index is 2.65. The first kappa shape index (κ1) is 13.0. The third-order valence-electron chi connectivity index (χ3n) is 3.24. The highest BCUT2D eigenvalue weighted by atomic mass is 16.4. The van der Waals surface area contributed by atoms with Crippen LogP contribution in [0.25, 0.3) is 0 Å². The Labute approximate surface area is 95.6 Å². The van der Waals surface area contributed by atoms with E-state index in [9.17, 15) is 9.59 Å². The molecule has 1 aliphatic rings. The highest BCUT2D eigenvalue weighted by molar-refractivity contribution is 5.83. The third kappa shape index (κ3) is 2.52. The van der Waals surface area contributed by atoms with Crippen molar-refractivity contribution in [2.75, 3.05) is 13.1 Å². The van der Waals surface area contributed by atoms with Crippen molar-refractivity contribution in [3.63, 3.8) is 0 Å². The van der Waals surface area contributed by atoms with Crippen molar-refractivity contribution in [3.05, 3.63) is 0 Å². The van der Waals surface area contributed by atoms with Crippen LogP contribution in [0, 0.1) is 17.8 Å². The summed E-state index contributed by atoms with van der Waals surface area (Å²) in [5, 5.41) is 8.96. The number of aliphatic carboxylic acids is 1. The van der Waals surface area contributed by atoms with Gasteiger partial charge in [0.1, 0.15) is 0 Å². The first-order valence-electron chi connectivity index (χ1n) is 5.61. The first-order chi connectivity index (χ1) is 7.34. The van der Waals surface area contributed by atoms with E-state index in [1.807, 2.05) is 20.8 Å². The Bertz CT molecular complexity index is 291. The summed E-state index contributed by atoms with van der Waals surface area (Å²) in [6.07, 6.45) is 0. The summed E-state index contributed by atoms with van der Waals surface area (Å²) in [4.78, 5) is 24.4. The van der Waals surface area contributed by atoms with Gasteiger partial charge in [0.2, 0.25) is 5.91 Å². The lowest BCUT2D eigenvalue weighted by molar-refractivity contribution is -0.142. The topological polar surface area (TPSA) is 83.6 Å². The average molecular weight is 228 g/mol. The molecule has 5 nitrogen and oxygen atoms in total. The third-order valence-corrected chi connectivity index (χ3v) is 3.24. The average Bonchev–Trinajstić information content (AvgIpc) is 2.58. The van der Waals surface area contributed by atoms with E-state index in [2.05, 4.69) is 0 Å². The molecule has 0 aromatic rings. The molecule has 0 bridgehead atoms. The van der Waals surface area contributed by atoms with E-state index in [0.29, 0.717) is 6.54 Å². The Kier molecular flexibility index (Phi) is 3.91. The van der Waals surface area contributed by atoms with Crippen LogP contribution in [0.2, 0.25) is 0 Å². The molecule has 1 aliphatic heterocycles. The molecule has 0 aromatic heterocycles. The summed E-state index contributed by atoms with van der Waals surface area (Å²) in [7, 11) is 0. The molecule has 1 rings (SSSR count). The van der Waals surface area contributed by atoms with Crippen molar-refractivity contribution in [2.45, 2.75) is 26.8 Å². The van der Waals surface area contributed by atoms with Crippen LogP contribution in [-0.2, 0) is 9.59 Å². The monoisotopic (exact) mass is 228 g/mol. The lowest BCUT2D eigenvalue weighted by atomic mass is 9.99. The van der Waals surface area contributed by atoms with Gasteiger partial charge in [0.15, 0.2) is 0 Å². The molecule has 5 heteroatoms. The number of nitrogens with zero attached hydrogens (tertiary/aromatic N) is 1. The largest absolute Gasteiger partial charge is 0.481 e. The van der Waals surface area contributed by atoms with Crippen LogP contribution < -0.4 is 5.73 Å². The summed E-state index contributed by atoms with van der Waals surface area (Å²) in [6.45, 7) is 6.41. The second kappa shape index (κ2) is 4.82. The van der Waals surface area contributed by atoms with Gasteiger partial charge < -0.3 is 15.7 Å². The number of rotatable bonds is 3. The molecular weight excluding hydrogens is 208 g/mol. The molecule has 1 saturated heterocycles. The van der Waals surface area contributed by atoms with Gasteiger partial charge in [0.25, 0.3) is 0 Å². The Morgan fingerprint density at radius 3 is 2.31 bits per heavy atom. The van der Waals surface area contributed by atoms with Crippen molar-refractivity contribution in [3.8, 4) is 0 Å². The lowest BCUT2D eigenvalue weighted by Crippen LogP contribution is -2.45. The molecule has 0 aliphatic carbocycles. The SMILES string of the molecule is CC1CN(C(=O)[C@H](N)C(C)C)CC1C(=O)O. The summed E-state index contributed by atoms with van der Waals surface area (Å²) in [5.41, 5.74) is 5.77. The number of carboxylic acid groups (broad SMARTS) is 1. The zero-order chi connectivity index (χ0) is 12.5. The molecule has 0 spiro atoms. The zero-order valence-corrected chi connectivity index (χ0v) is 10.0. The maximum atomic E-state index is 11.9. The number of carbonyl (C=O) groups is 2. The molecule has 2 unspecified atom stereocenters. The molecule has 1 heterocycles. The number of carbonyl (C=O) groups excluding carboxylic acids is 1. The maximum Gasteiger partial charge on any atom is 0.308 e. The van der Waals surface area contributed by atoms with Crippen molar-refractivity contribution in [1.29, 1.82) is 0 Å². The molecule has 92 valence electrons. The second-order valence-corrected chi connectivity index (χ2v) is 4.94. The highest BCUT2D eigenvalue weighted by Crippen LogP contribution is 2.24. The van der Waals surface area contributed by atoms with Crippen molar-refractivity contribution in [1.82, 2.24) is 4.90 Å². The summed E-state index contributed by atoms with van der Waals surface area (Å²) < 4.78 is 0. The molecule has 0 aromatic carbocycles. The molecular formula is C11H20N2O3. The fraction of sp³-hybridized carbons (Fsp3) is 0.818. The second-order valence-electron chi connectivity index (χ2n) is 4.94. The van der Waals surface area contributed by atoms with E-state index in [1.54, 1.807) is 4.90 Å². The van der Waals surface area contributed by atoms with E-state index in [-0.39, 0.29) is 24.3 Å². The summed E-state index contributed by atoms with van der Waals surface area (Å²) in [5.74, 6) is -1.35. The van der Waals surface area contributed by atoms with Crippen LogP contribution in [0.1, 0.15) is 20.8 Å². The van der Waals surface area contributed by atoms with E-state index in [0.717, 1.165) is 0 Å². The van der Waals surface area contributed by atoms with Gasteiger partial charge in [-0.25, -0.2) is 0 Å². The Hall–Kier alpha value is -1.10. The normalized spacial score (nSPS) is 27.2. The molecule has 1 fully saturated rings. The van der Waals surface area contributed by atoms with Crippen LogP contribution >= 0.6 is 0 Å². The molecule has 0 radical (unpaired) electrons. The minimum atomic E-state index is -0.832. The van der Waals surface area contributed by atoms with Gasteiger partial charge in [-0.15, -0.1) is 0 Å². The number of hydrogen-bond donors (Lipinski definition) is 2. The van der Waals surface area contributed by atoms with Gasteiger partial charge in [-0.05, 0) is 11.8 Å². The predicted octanol–water partition coefficient (Wildman–Crippen LogP) is 0.149. The van der Waals surface area contributed by atoms with Gasteiger partial charge in [-0.1, -0.05) is 20.8 Å². The number of hydrogen-bond acceptors (Lipinski definition) is 3. The number of carboxylic acids is 1. The highest BCUT2D eigenvalue weighted by Gasteiger charge is 2.38. The van der Waals surface area contributed by atoms with Crippen molar-refractivity contribution in [2.24, 2.45) is 23.5 Å². The van der Waals surface area contributed by atoms with Crippen molar-refractivity contribution >= 4 is 11.9 Å². The zero-order valence-electron chi connectivity index (χ0n) is 10.0. The van der Waals surface area contributed by atoms with E-state index < -0.39 is 17.9 Å². The fourth-order valence-corrected chi connectivity index (χ4v) is 1.96. The van der Waals surface area contributed by atoms with E-state index >= 15 is 0 Å². The Morgan fingerprint density at radius 2 is 1.94 bits per heavy atom. The van der Waals surface area contributed by atoms with Crippen molar-refractivity contribution < 1.29 is 14.7 Å². The molecule has 3 N–H and O–H groups in total. The Morgan fingerprint density at radius 1 is 1.38 bits per heavy atom. The first-order valence-corrected chi connectivity index (χ1v) is 5.61. The van der Waals surface area contributed by atoms with Gasteiger partial charge in [0, 0.05) is 13.1 Å². The molecule has 0 saturated carbocycles. The summed E-state index contributed by atoms with van der Waals surface area (Å²) >= 11 is 0. The van der Waals surface area contributed by atoms with E-state index in [1.165, 1.54) is 0 Å². The van der Waals surface area contributed by atoms with Crippen LogP contribution in [0.15, 0.2) is 0 Å². The fourth-order valence-electron chi connectivity index (χ4n) is 1.96. The number of nitrogens with two attached hydrogens (primary N) is 1. The lowest BCUT2D eigenvalue weighted by Gasteiger charge is -2.22. The van der Waals surface area contributed by atoms with Gasteiger partial charge in [0.05, 0.1) is 12.0 Å². The van der Waals surface area contributed by atoms with E-state index in [4.69, 9.17) is 10.8 Å². The van der Waals surface area contributed by atoms with Crippen LogP contribution in [-0.4, -0.2) is 41.0 Å². The van der Waals surface area contributed by atoms with Crippen LogP contribution in [0.4, 0.5) is 0 Å². The summed E-state index contributed by atoms with van der Waals surface area (Å²) in [6, 6.07) is -0.528. The maximum absolute atomic E-state index is 11.9. The minimum absolute atomic E-state index is 0.000752. The predicted molar refractivity (Wildman–Crippen MR) is 59.7 cm³/mol. The van der Waals surface area contributed by atoms with Gasteiger partial charge in [-0.3, -0.25) is 9.59 Å².